The Hall–Kier alpha value is -3.07. The predicted molar refractivity (Wildman–Crippen MR) is 106 cm³/mol. The Morgan fingerprint density at radius 3 is 2.37 bits per heavy atom. The lowest BCUT2D eigenvalue weighted by atomic mass is 9.91. The summed E-state index contributed by atoms with van der Waals surface area (Å²) in [4.78, 5) is 17.0. The van der Waals surface area contributed by atoms with Gasteiger partial charge < -0.3 is 0 Å². The van der Waals surface area contributed by atoms with Crippen LogP contribution in [0.4, 0.5) is 4.39 Å². The fourth-order valence-electron chi connectivity index (χ4n) is 3.66. The molecule has 0 saturated carbocycles. The van der Waals surface area contributed by atoms with Crippen molar-refractivity contribution in [1.29, 1.82) is 0 Å². The van der Waals surface area contributed by atoms with Crippen LogP contribution in [0.1, 0.15) is 32.6 Å². The lowest BCUT2D eigenvalue weighted by molar-refractivity contribution is 0.100. The zero-order chi connectivity index (χ0) is 18.9. The van der Waals surface area contributed by atoms with Crippen molar-refractivity contribution >= 4 is 11.6 Å². The lowest BCUT2D eigenvalue weighted by Gasteiger charge is -2.21. The molecule has 0 aromatic heterocycles. The molecule has 1 atom stereocenters. The van der Waals surface area contributed by atoms with Gasteiger partial charge in [0.05, 0.1) is 5.71 Å². The average molecular weight is 357 g/mol. The highest BCUT2D eigenvalue weighted by Crippen LogP contribution is 2.37. The Balaban J connectivity index is 1.79. The van der Waals surface area contributed by atoms with E-state index in [0.29, 0.717) is 5.56 Å². The van der Waals surface area contributed by atoms with E-state index in [-0.39, 0.29) is 18.6 Å². The van der Waals surface area contributed by atoms with E-state index < -0.39 is 11.6 Å². The topological polar surface area (TPSA) is 29.4 Å². The quantitative estimate of drug-likeness (QED) is 0.639. The summed E-state index contributed by atoms with van der Waals surface area (Å²) in [5.41, 5.74) is 2.59. The lowest BCUT2D eigenvalue weighted by Crippen LogP contribution is -2.34. The van der Waals surface area contributed by atoms with Crippen molar-refractivity contribution in [2.75, 3.05) is 0 Å². The van der Waals surface area contributed by atoms with Gasteiger partial charge in [-0.2, -0.15) is 0 Å². The minimum Gasteiger partial charge on any atom is -0.267 e. The zero-order valence-electron chi connectivity index (χ0n) is 15.2. The summed E-state index contributed by atoms with van der Waals surface area (Å²) in [7, 11) is 0. The number of carbonyl (C=O) groups is 1. The number of amides is 1. The molecule has 0 heterocycles. The number of aryl methyl sites for hydroxylation is 1. The molecule has 1 unspecified atom stereocenters. The fourth-order valence-corrected chi connectivity index (χ4v) is 3.66. The molecule has 1 aliphatic carbocycles. The van der Waals surface area contributed by atoms with Crippen LogP contribution in [0.2, 0.25) is 0 Å². The molecule has 3 aromatic rings. The van der Waals surface area contributed by atoms with Crippen molar-refractivity contribution in [3.05, 3.63) is 107 Å². The number of halogens is 1. The number of hydrogen-bond acceptors (Lipinski definition) is 1. The Bertz CT molecular complexity index is 1010. The second-order valence-corrected chi connectivity index (χ2v) is 7.10. The molecule has 1 amide bonds. The Morgan fingerprint density at radius 2 is 1.67 bits per heavy atom. The van der Waals surface area contributed by atoms with Crippen LogP contribution in [0.25, 0.3) is 0 Å². The number of alkyl halides is 1. The van der Waals surface area contributed by atoms with Gasteiger partial charge in [-0.05, 0) is 36.2 Å². The first-order valence-electron chi connectivity index (χ1n) is 9.06. The molecule has 4 rings (SSSR count). The fraction of sp³-hybridized carbons (Fsp3) is 0.167. The molecule has 0 N–H and O–H groups in total. The summed E-state index contributed by atoms with van der Waals surface area (Å²) in [5.74, 6) is -0.407. The van der Waals surface area contributed by atoms with Crippen LogP contribution in [-0.4, -0.2) is 17.3 Å². The molecule has 1 aliphatic rings. The van der Waals surface area contributed by atoms with Gasteiger partial charge in [0, 0.05) is 24.0 Å². The van der Waals surface area contributed by atoms with E-state index in [2.05, 4.69) is 4.99 Å². The number of carbonyl (C=O) groups excluding carboxylic acids is 1. The van der Waals surface area contributed by atoms with Crippen LogP contribution in [0.15, 0.2) is 83.9 Å². The largest absolute Gasteiger partial charge is 0.277 e. The van der Waals surface area contributed by atoms with Gasteiger partial charge in [0.1, 0.15) is 0 Å². The van der Waals surface area contributed by atoms with Crippen LogP contribution >= 0.6 is 0 Å². The molecule has 0 radical (unpaired) electrons. The van der Waals surface area contributed by atoms with E-state index >= 15 is 4.39 Å². The second kappa shape index (κ2) is 6.92. The zero-order valence-corrected chi connectivity index (χ0v) is 15.2. The number of nitrogens with zero attached hydrogens (tertiary/aromatic N) is 1. The maximum atomic E-state index is 16.2. The summed E-state index contributed by atoms with van der Waals surface area (Å²) in [6, 6.07) is 24.2. The number of rotatable bonds is 3. The van der Waals surface area contributed by atoms with Crippen LogP contribution < -0.4 is 0 Å². The van der Waals surface area contributed by atoms with Gasteiger partial charge in [0.25, 0.3) is 5.91 Å². The summed E-state index contributed by atoms with van der Waals surface area (Å²) in [5, 5.41) is 0. The van der Waals surface area contributed by atoms with E-state index in [9.17, 15) is 4.79 Å². The number of benzene rings is 3. The molecular weight excluding hydrogens is 337 g/mol. The van der Waals surface area contributed by atoms with Crippen molar-refractivity contribution < 1.29 is 9.18 Å². The van der Waals surface area contributed by atoms with Crippen LogP contribution in [0.3, 0.4) is 0 Å². The molecule has 0 bridgehead atoms. The molecule has 0 saturated heterocycles. The van der Waals surface area contributed by atoms with Gasteiger partial charge in [-0.25, -0.2) is 9.38 Å². The molecule has 27 heavy (non-hydrogen) atoms. The third kappa shape index (κ3) is 3.45. The molecule has 3 aromatic carbocycles. The van der Waals surface area contributed by atoms with Gasteiger partial charge >= 0.3 is 0 Å². The molecule has 134 valence electrons. The highest BCUT2D eigenvalue weighted by Gasteiger charge is 2.44. The summed E-state index contributed by atoms with van der Waals surface area (Å²) in [6.07, 6.45) is 0.431. The van der Waals surface area contributed by atoms with Gasteiger partial charge in [-0.15, -0.1) is 0 Å². The minimum atomic E-state index is -1.69. The highest BCUT2D eigenvalue weighted by molar-refractivity contribution is 6.17. The molecular formula is C24H20FNO. The number of fused-ring (bicyclic) bond motifs is 1. The van der Waals surface area contributed by atoms with Gasteiger partial charge in [-0.3, -0.25) is 4.79 Å². The number of hydrogen-bond donors (Lipinski definition) is 0. The Labute approximate surface area is 158 Å². The normalized spacial score (nSPS) is 19.9. The van der Waals surface area contributed by atoms with Gasteiger partial charge in [-0.1, -0.05) is 66.2 Å². The summed E-state index contributed by atoms with van der Waals surface area (Å²) < 4.78 is 16.2. The summed E-state index contributed by atoms with van der Waals surface area (Å²) >= 11 is 0. The first kappa shape index (κ1) is 17.3. The smallest absolute Gasteiger partial charge is 0.267 e. The first-order valence-corrected chi connectivity index (χ1v) is 9.06. The highest BCUT2D eigenvalue weighted by atomic mass is 19.1. The van der Waals surface area contributed by atoms with Gasteiger partial charge in [0.2, 0.25) is 0 Å². The van der Waals surface area contributed by atoms with E-state index in [1.54, 1.807) is 24.3 Å². The number of aliphatic imine (C=N–C) groups is 1. The van der Waals surface area contributed by atoms with Crippen molar-refractivity contribution in [3.63, 3.8) is 0 Å². The van der Waals surface area contributed by atoms with Crippen LogP contribution in [-0.2, 0) is 12.8 Å². The Morgan fingerprint density at radius 1 is 1.00 bits per heavy atom. The molecule has 0 fully saturated rings. The third-order valence-electron chi connectivity index (χ3n) is 4.98. The predicted octanol–water partition coefficient (Wildman–Crippen LogP) is 5.13. The van der Waals surface area contributed by atoms with Crippen LogP contribution in [0, 0.1) is 6.92 Å². The van der Waals surface area contributed by atoms with E-state index in [1.807, 2.05) is 61.5 Å². The summed E-state index contributed by atoms with van der Waals surface area (Å²) in [6.45, 7) is 1.96. The maximum absolute atomic E-state index is 16.2. The maximum Gasteiger partial charge on any atom is 0.277 e. The minimum absolute atomic E-state index is 0.197. The van der Waals surface area contributed by atoms with Crippen molar-refractivity contribution in [1.82, 2.24) is 0 Å². The first-order chi connectivity index (χ1) is 13.0. The molecule has 0 spiro atoms. The van der Waals surface area contributed by atoms with Crippen molar-refractivity contribution in [2.45, 2.75) is 25.4 Å². The van der Waals surface area contributed by atoms with Gasteiger partial charge in [0.15, 0.2) is 5.67 Å². The SMILES string of the molecule is Cc1ccc2c(c1)C(=NC(=O)c1ccccc1)C(F)(Cc1ccccc1)C2. The van der Waals surface area contributed by atoms with E-state index in [4.69, 9.17) is 0 Å². The Kier molecular flexibility index (Phi) is 4.44. The molecule has 3 heteroatoms. The van der Waals surface area contributed by atoms with E-state index in [1.165, 1.54) is 0 Å². The standard InChI is InChI=1S/C24H20FNO/c1-17-12-13-20-16-24(25,15-18-8-4-2-5-9-18)22(21(20)14-17)26-23(27)19-10-6-3-7-11-19/h2-14H,15-16H2,1H3. The van der Waals surface area contributed by atoms with E-state index in [0.717, 1.165) is 22.3 Å². The van der Waals surface area contributed by atoms with Crippen molar-refractivity contribution in [2.24, 2.45) is 4.99 Å². The molecule has 0 aliphatic heterocycles. The van der Waals surface area contributed by atoms with Crippen LogP contribution in [0.5, 0.6) is 0 Å². The van der Waals surface area contributed by atoms with Crippen molar-refractivity contribution in [3.8, 4) is 0 Å². The monoisotopic (exact) mass is 357 g/mol. The molecule has 2 nitrogen and oxygen atoms in total. The average Bonchev–Trinajstić information content (AvgIpc) is 2.94. The second-order valence-electron chi connectivity index (χ2n) is 7.10. The third-order valence-corrected chi connectivity index (χ3v) is 4.98.